The quantitative estimate of drug-likeness (QED) is 0.450. The van der Waals surface area contributed by atoms with Gasteiger partial charge in [-0.3, -0.25) is 4.79 Å². The first-order valence-corrected chi connectivity index (χ1v) is 11.3. The highest BCUT2D eigenvalue weighted by Gasteiger charge is 2.23. The topological polar surface area (TPSA) is 79.3 Å². The maximum atomic E-state index is 13.4. The molecule has 0 aliphatic heterocycles. The molecular weight excluding hydrogens is 489 g/mol. The number of rotatable bonds is 6. The minimum absolute atomic E-state index is 0.141. The van der Waals surface area contributed by atoms with E-state index in [9.17, 15) is 14.0 Å². The minimum Gasteiger partial charge on any atom is -0.315 e. The van der Waals surface area contributed by atoms with Crippen molar-refractivity contribution in [3.63, 3.8) is 0 Å². The fourth-order valence-electron chi connectivity index (χ4n) is 3.03. The number of urea groups is 1. The van der Waals surface area contributed by atoms with Crippen molar-refractivity contribution < 1.29 is 14.0 Å². The number of nitrogens with one attached hydrogen (secondary N) is 2. The second-order valence-corrected chi connectivity index (χ2v) is 9.47. The van der Waals surface area contributed by atoms with Crippen molar-refractivity contribution in [1.82, 2.24) is 14.7 Å². The van der Waals surface area contributed by atoms with Gasteiger partial charge in [0.1, 0.15) is 18.2 Å². The van der Waals surface area contributed by atoms with E-state index in [1.165, 1.54) is 17.0 Å². The Morgan fingerprint density at radius 3 is 2.27 bits per heavy atom. The van der Waals surface area contributed by atoms with Gasteiger partial charge in [-0.15, -0.1) is 0 Å². The van der Waals surface area contributed by atoms with Crippen molar-refractivity contribution in [3.05, 3.63) is 70.6 Å². The van der Waals surface area contributed by atoms with Crippen molar-refractivity contribution >= 4 is 39.4 Å². The predicted molar refractivity (Wildman–Crippen MR) is 131 cm³/mol. The van der Waals surface area contributed by atoms with Crippen LogP contribution < -0.4 is 10.6 Å². The third kappa shape index (κ3) is 6.41. The SMILES string of the molecule is CCN(CC(=O)Nc1cc(C(C)(C)C)nn1-c1ccc(F)cc1)C(=O)Nc1ccc(Br)cc1. The molecule has 0 saturated heterocycles. The molecule has 0 unspecified atom stereocenters. The average molecular weight is 516 g/mol. The van der Waals surface area contributed by atoms with Gasteiger partial charge < -0.3 is 15.5 Å². The lowest BCUT2D eigenvalue weighted by Gasteiger charge is -2.21. The van der Waals surface area contributed by atoms with E-state index >= 15 is 0 Å². The number of nitrogens with zero attached hydrogens (tertiary/aromatic N) is 3. The van der Waals surface area contributed by atoms with E-state index in [0.29, 0.717) is 23.7 Å². The van der Waals surface area contributed by atoms with Crippen molar-refractivity contribution in [1.29, 1.82) is 0 Å². The van der Waals surface area contributed by atoms with E-state index in [1.54, 1.807) is 41.9 Å². The van der Waals surface area contributed by atoms with Crippen molar-refractivity contribution in [2.75, 3.05) is 23.7 Å². The Labute approximate surface area is 201 Å². The van der Waals surface area contributed by atoms with Gasteiger partial charge in [-0.25, -0.2) is 13.9 Å². The van der Waals surface area contributed by atoms with Gasteiger partial charge in [0.15, 0.2) is 0 Å². The number of benzene rings is 2. The first kappa shape index (κ1) is 24.4. The van der Waals surface area contributed by atoms with Gasteiger partial charge in [0.05, 0.1) is 11.4 Å². The second kappa shape index (κ2) is 10.2. The summed E-state index contributed by atoms with van der Waals surface area (Å²) in [7, 11) is 0. The molecule has 33 heavy (non-hydrogen) atoms. The molecule has 0 saturated carbocycles. The summed E-state index contributed by atoms with van der Waals surface area (Å²) >= 11 is 3.36. The van der Waals surface area contributed by atoms with Gasteiger partial charge in [0, 0.05) is 28.2 Å². The highest BCUT2D eigenvalue weighted by atomic mass is 79.9. The molecule has 0 spiro atoms. The molecule has 3 aromatic rings. The maximum Gasteiger partial charge on any atom is 0.322 e. The number of carbonyl (C=O) groups excluding carboxylic acids is 2. The highest BCUT2D eigenvalue weighted by Crippen LogP contribution is 2.26. The van der Waals surface area contributed by atoms with E-state index in [1.807, 2.05) is 32.9 Å². The van der Waals surface area contributed by atoms with Crippen LogP contribution in [0, 0.1) is 5.82 Å². The average Bonchev–Trinajstić information content (AvgIpc) is 3.18. The minimum atomic E-state index is -0.377. The van der Waals surface area contributed by atoms with E-state index < -0.39 is 0 Å². The number of aromatic nitrogens is 2. The van der Waals surface area contributed by atoms with Crippen molar-refractivity contribution in [2.24, 2.45) is 0 Å². The van der Waals surface area contributed by atoms with Crippen LogP contribution in [0.2, 0.25) is 0 Å². The molecule has 7 nitrogen and oxygen atoms in total. The van der Waals surface area contributed by atoms with Gasteiger partial charge in [-0.2, -0.15) is 5.10 Å². The normalized spacial score (nSPS) is 11.2. The Bertz CT molecular complexity index is 1120. The Hall–Kier alpha value is -3.20. The molecule has 2 N–H and O–H groups in total. The van der Waals surface area contributed by atoms with Gasteiger partial charge in [-0.05, 0) is 55.5 Å². The second-order valence-electron chi connectivity index (χ2n) is 8.55. The number of anilines is 2. The summed E-state index contributed by atoms with van der Waals surface area (Å²) in [5, 5.41) is 10.3. The lowest BCUT2D eigenvalue weighted by Crippen LogP contribution is -2.40. The zero-order chi connectivity index (χ0) is 24.2. The van der Waals surface area contributed by atoms with E-state index in [4.69, 9.17) is 0 Å². The van der Waals surface area contributed by atoms with E-state index in [0.717, 1.165) is 10.2 Å². The summed E-state index contributed by atoms with van der Waals surface area (Å²) in [6, 6.07) is 14.5. The summed E-state index contributed by atoms with van der Waals surface area (Å²) in [5.41, 5.74) is 1.75. The maximum absolute atomic E-state index is 13.4. The number of likely N-dealkylation sites (N-methyl/N-ethyl adjacent to an activating group) is 1. The molecule has 174 valence electrons. The largest absolute Gasteiger partial charge is 0.322 e. The Kier molecular flexibility index (Phi) is 7.53. The Balaban J connectivity index is 1.76. The molecule has 1 heterocycles. The summed E-state index contributed by atoms with van der Waals surface area (Å²) < 4.78 is 15.9. The number of carbonyl (C=O) groups is 2. The molecule has 0 radical (unpaired) electrons. The van der Waals surface area contributed by atoms with Crippen molar-refractivity contribution in [2.45, 2.75) is 33.1 Å². The smallest absolute Gasteiger partial charge is 0.315 e. The Morgan fingerprint density at radius 1 is 1.06 bits per heavy atom. The molecule has 3 rings (SSSR count). The van der Waals surface area contributed by atoms with E-state index in [2.05, 4.69) is 31.7 Å². The standard InChI is InChI=1S/C24H27BrFN5O2/c1-5-30(23(33)27-18-10-6-16(25)7-11-18)15-22(32)28-21-14-20(24(2,3)4)29-31(21)19-12-8-17(26)9-13-19/h6-14H,5,15H2,1-4H3,(H,27,33)(H,28,32). The zero-order valence-corrected chi connectivity index (χ0v) is 20.6. The number of hydrogen-bond acceptors (Lipinski definition) is 3. The van der Waals surface area contributed by atoms with Gasteiger partial charge in [0.25, 0.3) is 0 Å². The monoisotopic (exact) mass is 515 g/mol. The number of hydrogen-bond donors (Lipinski definition) is 2. The molecule has 0 aliphatic carbocycles. The molecule has 1 aromatic heterocycles. The molecular formula is C24H27BrFN5O2. The summed E-state index contributed by atoms with van der Waals surface area (Å²) in [5.74, 6) is -0.282. The lowest BCUT2D eigenvalue weighted by atomic mass is 9.92. The van der Waals surface area contributed by atoms with Crippen LogP contribution >= 0.6 is 15.9 Å². The molecule has 0 bridgehead atoms. The van der Waals surface area contributed by atoms with Crippen LogP contribution in [0.3, 0.4) is 0 Å². The third-order valence-electron chi connectivity index (χ3n) is 4.92. The predicted octanol–water partition coefficient (Wildman–Crippen LogP) is 5.56. The van der Waals surface area contributed by atoms with Gasteiger partial charge in [0.2, 0.25) is 5.91 Å². The number of halogens is 2. The van der Waals surface area contributed by atoms with E-state index in [-0.39, 0.29) is 29.7 Å². The molecule has 0 fully saturated rings. The molecule has 0 atom stereocenters. The van der Waals surface area contributed by atoms with Crippen LogP contribution in [0.25, 0.3) is 5.69 Å². The van der Waals surface area contributed by atoms with Gasteiger partial charge >= 0.3 is 6.03 Å². The van der Waals surface area contributed by atoms with Crippen LogP contribution in [-0.4, -0.2) is 39.7 Å². The van der Waals surface area contributed by atoms with Crippen LogP contribution in [0.4, 0.5) is 20.7 Å². The first-order chi connectivity index (χ1) is 15.6. The first-order valence-electron chi connectivity index (χ1n) is 10.5. The summed E-state index contributed by atoms with van der Waals surface area (Å²) in [6.07, 6.45) is 0. The molecule has 3 amide bonds. The fourth-order valence-corrected chi connectivity index (χ4v) is 3.30. The lowest BCUT2D eigenvalue weighted by molar-refractivity contribution is -0.116. The van der Waals surface area contributed by atoms with Crippen LogP contribution in [0.15, 0.2) is 59.1 Å². The third-order valence-corrected chi connectivity index (χ3v) is 5.44. The van der Waals surface area contributed by atoms with Crippen molar-refractivity contribution in [3.8, 4) is 5.69 Å². The van der Waals surface area contributed by atoms with Crippen LogP contribution in [-0.2, 0) is 10.2 Å². The Morgan fingerprint density at radius 2 is 1.70 bits per heavy atom. The fraction of sp³-hybridized carbons (Fsp3) is 0.292. The molecule has 0 aliphatic rings. The van der Waals surface area contributed by atoms with Crippen LogP contribution in [0.5, 0.6) is 0 Å². The summed E-state index contributed by atoms with van der Waals surface area (Å²) in [4.78, 5) is 26.9. The molecule has 9 heteroatoms. The number of amides is 3. The molecule has 2 aromatic carbocycles. The van der Waals surface area contributed by atoms with Gasteiger partial charge in [-0.1, -0.05) is 36.7 Å². The highest BCUT2D eigenvalue weighted by molar-refractivity contribution is 9.10. The summed E-state index contributed by atoms with van der Waals surface area (Å²) in [6.45, 7) is 8.05. The van der Waals surface area contributed by atoms with Crippen LogP contribution in [0.1, 0.15) is 33.4 Å². The zero-order valence-electron chi connectivity index (χ0n) is 19.0.